The van der Waals surface area contributed by atoms with E-state index in [-0.39, 0.29) is 35.1 Å². The van der Waals surface area contributed by atoms with Crippen molar-refractivity contribution in [1.29, 1.82) is 0 Å². The summed E-state index contributed by atoms with van der Waals surface area (Å²) < 4.78 is 10.8. The van der Waals surface area contributed by atoms with Crippen LogP contribution in [-0.4, -0.2) is 73.9 Å². The zero-order chi connectivity index (χ0) is 26.6. The number of hydrogen-bond acceptors (Lipinski definition) is 7. The molecule has 2 aliphatic heterocycles. The Morgan fingerprint density at radius 2 is 1.79 bits per heavy atom. The minimum atomic E-state index is -0.635. The summed E-state index contributed by atoms with van der Waals surface area (Å²) in [6, 6.07) is 14.0. The number of carbonyl (C=O) groups is 3. The average Bonchev–Trinajstić information content (AvgIpc) is 3.35. The quantitative estimate of drug-likeness (QED) is 0.509. The number of amides is 3. The van der Waals surface area contributed by atoms with Crippen molar-refractivity contribution in [2.75, 3.05) is 51.3 Å². The normalized spacial score (nSPS) is 15.7. The number of carbonyl (C=O) groups excluding carboxylic acids is 3. The topological polar surface area (TPSA) is 112 Å². The van der Waals surface area contributed by atoms with Crippen molar-refractivity contribution in [2.45, 2.75) is 19.4 Å². The number of piperazine rings is 1. The van der Waals surface area contributed by atoms with Gasteiger partial charge in [0.25, 0.3) is 5.91 Å². The van der Waals surface area contributed by atoms with Crippen LogP contribution in [0.5, 0.6) is 5.75 Å². The Hall–Kier alpha value is -4.34. The SMILES string of the molecule is COc1ccc2c(=O)cc(C(=O)NCC(=O)N3CCN(c4ccccc4CN4CCCC4=O)CC3)oc2c1. The van der Waals surface area contributed by atoms with Crippen LogP contribution in [0, 0.1) is 0 Å². The Balaban J connectivity index is 1.17. The lowest BCUT2D eigenvalue weighted by molar-refractivity contribution is -0.130. The van der Waals surface area contributed by atoms with Crippen LogP contribution in [0.3, 0.4) is 0 Å². The molecule has 2 aliphatic rings. The molecule has 5 rings (SSSR count). The van der Waals surface area contributed by atoms with Gasteiger partial charge in [0, 0.05) is 63.5 Å². The smallest absolute Gasteiger partial charge is 0.287 e. The van der Waals surface area contributed by atoms with Gasteiger partial charge in [-0.15, -0.1) is 0 Å². The molecule has 0 unspecified atom stereocenters. The molecule has 0 saturated carbocycles. The fourth-order valence-corrected chi connectivity index (χ4v) is 4.96. The molecule has 1 aromatic heterocycles. The first-order chi connectivity index (χ1) is 18.4. The standard InChI is InChI=1S/C28H30N4O6/c1-37-20-8-9-21-23(33)16-25(38-24(21)15-20)28(36)29-17-27(35)31-13-11-30(12-14-31)22-6-3-2-5-19(22)18-32-10-4-7-26(32)34/h2-3,5-6,8-9,15-16H,4,7,10-14,17-18H2,1H3,(H,29,36). The first-order valence-electron chi connectivity index (χ1n) is 12.7. The van der Waals surface area contributed by atoms with Crippen molar-refractivity contribution in [1.82, 2.24) is 15.1 Å². The molecular weight excluding hydrogens is 488 g/mol. The van der Waals surface area contributed by atoms with Gasteiger partial charge in [-0.2, -0.15) is 0 Å². The van der Waals surface area contributed by atoms with Gasteiger partial charge in [-0.05, 0) is 30.2 Å². The molecule has 0 bridgehead atoms. The lowest BCUT2D eigenvalue weighted by atomic mass is 10.1. The first kappa shape index (κ1) is 25.3. The van der Waals surface area contributed by atoms with E-state index in [0.29, 0.717) is 50.3 Å². The molecule has 2 fully saturated rings. The largest absolute Gasteiger partial charge is 0.497 e. The third-order valence-corrected chi connectivity index (χ3v) is 7.06. The zero-order valence-electron chi connectivity index (χ0n) is 21.3. The van der Waals surface area contributed by atoms with Crippen LogP contribution >= 0.6 is 0 Å². The second kappa shape index (κ2) is 11.0. The van der Waals surface area contributed by atoms with Crippen LogP contribution in [0.4, 0.5) is 5.69 Å². The van der Waals surface area contributed by atoms with E-state index in [0.717, 1.165) is 30.3 Å². The molecule has 0 atom stereocenters. The average molecular weight is 519 g/mol. The molecule has 3 heterocycles. The Morgan fingerprint density at radius 3 is 2.53 bits per heavy atom. The Labute approximate surface area is 219 Å². The van der Waals surface area contributed by atoms with Crippen LogP contribution in [0.25, 0.3) is 11.0 Å². The highest BCUT2D eigenvalue weighted by Gasteiger charge is 2.25. The fraction of sp³-hybridized carbons (Fsp3) is 0.357. The predicted molar refractivity (Wildman–Crippen MR) is 141 cm³/mol. The summed E-state index contributed by atoms with van der Waals surface area (Å²) >= 11 is 0. The molecule has 2 aromatic carbocycles. The molecule has 3 amide bonds. The van der Waals surface area contributed by atoms with E-state index < -0.39 is 5.91 Å². The van der Waals surface area contributed by atoms with Gasteiger partial charge in [-0.1, -0.05) is 18.2 Å². The molecular formula is C28H30N4O6. The number of methoxy groups -OCH3 is 1. The summed E-state index contributed by atoms with van der Waals surface area (Å²) in [7, 11) is 1.50. The minimum absolute atomic E-state index is 0.165. The molecule has 198 valence electrons. The summed E-state index contributed by atoms with van der Waals surface area (Å²) in [4.78, 5) is 55.8. The molecule has 3 aromatic rings. The molecule has 10 heteroatoms. The van der Waals surface area contributed by atoms with E-state index >= 15 is 0 Å². The van der Waals surface area contributed by atoms with Crippen molar-refractivity contribution in [3.05, 3.63) is 70.1 Å². The number of para-hydroxylation sites is 1. The van der Waals surface area contributed by atoms with E-state index in [1.807, 2.05) is 17.0 Å². The molecule has 0 radical (unpaired) electrons. The lowest BCUT2D eigenvalue weighted by Gasteiger charge is -2.37. The van der Waals surface area contributed by atoms with E-state index in [1.165, 1.54) is 7.11 Å². The molecule has 0 spiro atoms. The Kier molecular flexibility index (Phi) is 7.30. The number of benzene rings is 2. The Bertz CT molecular complexity index is 1430. The van der Waals surface area contributed by atoms with Crippen molar-refractivity contribution in [3.8, 4) is 5.75 Å². The maximum atomic E-state index is 12.8. The van der Waals surface area contributed by atoms with Crippen molar-refractivity contribution in [2.24, 2.45) is 0 Å². The van der Waals surface area contributed by atoms with Gasteiger partial charge in [0.05, 0.1) is 19.0 Å². The number of ether oxygens (including phenoxy) is 1. The van der Waals surface area contributed by atoms with Gasteiger partial charge >= 0.3 is 0 Å². The van der Waals surface area contributed by atoms with Gasteiger partial charge in [0.2, 0.25) is 11.8 Å². The molecule has 1 N–H and O–H groups in total. The van der Waals surface area contributed by atoms with Gasteiger partial charge in [0.15, 0.2) is 11.2 Å². The van der Waals surface area contributed by atoms with Crippen molar-refractivity contribution < 1.29 is 23.5 Å². The van der Waals surface area contributed by atoms with Crippen molar-refractivity contribution in [3.63, 3.8) is 0 Å². The summed E-state index contributed by atoms with van der Waals surface area (Å²) in [5.41, 5.74) is 2.06. The number of likely N-dealkylation sites (tertiary alicyclic amines) is 1. The third kappa shape index (κ3) is 5.34. The first-order valence-corrected chi connectivity index (χ1v) is 12.7. The number of rotatable bonds is 7. The van der Waals surface area contributed by atoms with E-state index in [9.17, 15) is 19.2 Å². The molecule has 0 aliphatic carbocycles. The van der Waals surface area contributed by atoms with Crippen LogP contribution < -0.4 is 20.4 Å². The molecule has 38 heavy (non-hydrogen) atoms. The number of hydrogen-bond donors (Lipinski definition) is 1. The minimum Gasteiger partial charge on any atom is -0.497 e. The Morgan fingerprint density at radius 1 is 1.00 bits per heavy atom. The maximum Gasteiger partial charge on any atom is 0.287 e. The summed E-state index contributed by atoms with van der Waals surface area (Å²) in [5.74, 6) is -0.316. The van der Waals surface area contributed by atoms with E-state index in [2.05, 4.69) is 22.3 Å². The molecule has 2 saturated heterocycles. The van der Waals surface area contributed by atoms with Gasteiger partial charge in [-0.3, -0.25) is 19.2 Å². The van der Waals surface area contributed by atoms with Crippen LogP contribution in [0.2, 0.25) is 0 Å². The number of nitrogens with one attached hydrogen (secondary N) is 1. The monoisotopic (exact) mass is 518 g/mol. The summed E-state index contributed by atoms with van der Waals surface area (Å²) in [6.45, 7) is 3.49. The highest BCUT2D eigenvalue weighted by Crippen LogP contribution is 2.25. The van der Waals surface area contributed by atoms with E-state index in [4.69, 9.17) is 9.15 Å². The zero-order valence-corrected chi connectivity index (χ0v) is 21.3. The van der Waals surface area contributed by atoms with Gasteiger partial charge in [-0.25, -0.2) is 0 Å². The second-order valence-corrected chi connectivity index (χ2v) is 9.44. The van der Waals surface area contributed by atoms with Crippen LogP contribution in [0.15, 0.2) is 57.7 Å². The van der Waals surface area contributed by atoms with Gasteiger partial charge in [0.1, 0.15) is 11.3 Å². The van der Waals surface area contributed by atoms with Crippen LogP contribution in [-0.2, 0) is 16.1 Å². The molecule has 10 nitrogen and oxygen atoms in total. The highest BCUT2D eigenvalue weighted by molar-refractivity contribution is 5.95. The summed E-state index contributed by atoms with van der Waals surface area (Å²) in [5, 5.41) is 2.91. The number of nitrogens with zero attached hydrogens (tertiary/aromatic N) is 3. The number of anilines is 1. The third-order valence-electron chi connectivity index (χ3n) is 7.06. The maximum absolute atomic E-state index is 12.8. The predicted octanol–water partition coefficient (Wildman–Crippen LogP) is 2.00. The fourth-order valence-electron chi connectivity index (χ4n) is 4.96. The summed E-state index contributed by atoms with van der Waals surface area (Å²) in [6.07, 6.45) is 1.52. The second-order valence-electron chi connectivity index (χ2n) is 9.44. The van der Waals surface area contributed by atoms with E-state index in [1.54, 1.807) is 23.1 Å². The van der Waals surface area contributed by atoms with Gasteiger partial charge < -0.3 is 29.2 Å². The lowest BCUT2D eigenvalue weighted by Crippen LogP contribution is -2.51. The van der Waals surface area contributed by atoms with Crippen LogP contribution in [0.1, 0.15) is 29.0 Å². The number of fused-ring (bicyclic) bond motifs is 1. The van der Waals surface area contributed by atoms with Crippen molar-refractivity contribution >= 4 is 34.4 Å². The highest BCUT2D eigenvalue weighted by atomic mass is 16.5.